The van der Waals surface area contributed by atoms with Crippen LogP contribution in [0.3, 0.4) is 0 Å². The van der Waals surface area contributed by atoms with Crippen LogP contribution >= 0.6 is 11.8 Å². The zero-order chi connectivity index (χ0) is 17.8. The van der Waals surface area contributed by atoms with Crippen molar-refractivity contribution in [3.05, 3.63) is 81.1 Å². The number of nitriles is 1. The fourth-order valence-corrected chi connectivity index (χ4v) is 3.63. The Kier molecular flexibility index (Phi) is 4.96. The van der Waals surface area contributed by atoms with Gasteiger partial charge in [0.05, 0.1) is 40.7 Å². The molecule has 0 unspecified atom stereocenters. The molecular weight excluding hydrogens is 336 g/mol. The zero-order valence-electron chi connectivity index (χ0n) is 13.6. The van der Waals surface area contributed by atoms with E-state index in [4.69, 9.17) is 14.9 Å². The Bertz CT molecular complexity index is 877. The van der Waals surface area contributed by atoms with E-state index in [2.05, 4.69) is 6.07 Å². The summed E-state index contributed by atoms with van der Waals surface area (Å²) in [7, 11) is 0. The smallest absolute Gasteiger partial charge is 0.336 e. The molecule has 1 aromatic carbocycles. The molecule has 5 nitrogen and oxygen atoms in total. The first-order valence-electron chi connectivity index (χ1n) is 7.63. The Hall–Kier alpha value is -2.91. The van der Waals surface area contributed by atoms with Crippen molar-refractivity contribution in [3.8, 4) is 6.07 Å². The molecule has 6 heteroatoms. The predicted molar refractivity (Wildman–Crippen MR) is 94.8 cm³/mol. The third kappa shape index (κ3) is 3.47. The summed E-state index contributed by atoms with van der Waals surface area (Å²) in [6.45, 7) is 1.97. The number of furan rings is 1. The van der Waals surface area contributed by atoms with Gasteiger partial charge >= 0.3 is 5.97 Å². The van der Waals surface area contributed by atoms with Gasteiger partial charge in [0.25, 0.3) is 0 Å². The van der Waals surface area contributed by atoms with E-state index in [1.807, 2.05) is 30.3 Å². The summed E-state index contributed by atoms with van der Waals surface area (Å²) in [5, 5.41) is 9.91. The van der Waals surface area contributed by atoms with Crippen LogP contribution in [0, 0.1) is 11.3 Å². The number of thioether (sulfide) groups is 1. The highest BCUT2D eigenvalue weighted by molar-refractivity contribution is 8.06. The van der Waals surface area contributed by atoms with Crippen molar-refractivity contribution in [1.82, 2.24) is 0 Å². The molecule has 0 spiro atoms. The lowest BCUT2D eigenvalue weighted by atomic mass is 9.86. The van der Waals surface area contributed by atoms with Gasteiger partial charge < -0.3 is 14.9 Å². The molecule has 0 fully saturated rings. The van der Waals surface area contributed by atoms with E-state index in [0.717, 1.165) is 10.5 Å². The predicted octanol–water partition coefficient (Wildman–Crippen LogP) is 3.82. The van der Waals surface area contributed by atoms with Gasteiger partial charge in [-0.25, -0.2) is 4.79 Å². The Balaban J connectivity index is 1.90. The van der Waals surface area contributed by atoms with E-state index in [-0.39, 0.29) is 6.61 Å². The highest BCUT2D eigenvalue weighted by Gasteiger charge is 2.35. The van der Waals surface area contributed by atoms with Crippen molar-refractivity contribution in [1.29, 1.82) is 5.26 Å². The van der Waals surface area contributed by atoms with Gasteiger partial charge in [-0.2, -0.15) is 5.26 Å². The third-order valence-corrected chi connectivity index (χ3v) is 4.88. The number of benzene rings is 1. The molecule has 3 rings (SSSR count). The fourth-order valence-electron chi connectivity index (χ4n) is 2.72. The quantitative estimate of drug-likeness (QED) is 0.841. The molecule has 1 aromatic heterocycles. The van der Waals surface area contributed by atoms with Crippen molar-refractivity contribution in [2.24, 2.45) is 5.73 Å². The Labute approximate surface area is 149 Å². The summed E-state index contributed by atoms with van der Waals surface area (Å²) in [6, 6.07) is 13.3. The topological polar surface area (TPSA) is 89.2 Å². The summed E-state index contributed by atoms with van der Waals surface area (Å²) in [5.41, 5.74) is 8.36. The van der Waals surface area contributed by atoms with E-state index in [9.17, 15) is 10.1 Å². The number of rotatable bonds is 4. The number of carbonyl (C=O) groups is 1. The van der Waals surface area contributed by atoms with Crippen LogP contribution in [0.15, 0.2) is 74.4 Å². The van der Waals surface area contributed by atoms with E-state index in [1.165, 1.54) is 24.3 Å². The van der Waals surface area contributed by atoms with Crippen molar-refractivity contribution in [2.45, 2.75) is 19.4 Å². The molecule has 0 saturated heterocycles. The SMILES string of the molecule is CC1=C(C(=O)OCc2ccccc2)[C@@H](c2ccoc2)C(C#N)=C(N)S1. The number of hydrogen-bond acceptors (Lipinski definition) is 6. The molecule has 0 aliphatic carbocycles. The van der Waals surface area contributed by atoms with Crippen LogP contribution in [0.5, 0.6) is 0 Å². The molecule has 0 saturated carbocycles. The lowest BCUT2D eigenvalue weighted by Crippen LogP contribution is -2.22. The monoisotopic (exact) mass is 352 g/mol. The van der Waals surface area contributed by atoms with Crippen LogP contribution in [-0.4, -0.2) is 5.97 Å². The van der Waals surface area contributed by atoms with E-state index >= 15 is 0 Å². The molecule has 0 bridgehead atoms. The van der Waals surface area contributed by atoms with Gasteiger partial charge in [-0.1, -0.05) is 42.1 Å². The van der Waals surface area contributed by atoms with Crippen molar-refractivity contribution in [2.75, 3.05) is 0 Å². The summed E-state index contributed by atoms with van der Waals surface area (Å²) in [6.07, 6.45) is 3.02. The molecular formula is C19H16N2O3S. The van der Waals surface area contributed by atoms with E-state index in [1.54, 1.807) is 13.0 Å². The van der Waals surface area contributed by atoms with Gasteiger partial charge in [-0.05, 0) is 23.5 Å². The Morgan fingerprint density at radius 3 is 2.76 bits per heavy atom. The summed E-state index contributed by atoms with van der Waals surface area (Å²) < 4.78 is 10.6. The second-order valence-electron chi connectivity index (χ2n) is 5.51. The highest BCUT2D eigenvalue weighted by Crippen LogP contribution is 2.45. The lowest BCUT2D eigenvalue weighted by molar-refractivity contribution is -0.140. The molecule has 2 heterocycles. The number of hydrogen-bond donors (Lipinski definition) is 1. The van der Waals surface area contributed by atoms with Crippen LogP contribution in [-0.2, 0) is 16.1 Å². The minimum Gasteiger partial charge on any atom is -0.472 e. The summed E-state index contributed by atoms with van der Waals surface area (Å²) in [4.78, 5) is 13.5. The Morgan fingerprint density at radius 2 is 2.12 bits per heavy atom. The number of allylic oxidation sites excluding steroid dienone is 2. The summed E-state index contributed by atoms with van der Waals surface area (Å²) in [5.74, 6) is -1.03. The van der Waals surface area contributed by atoms with Crippen LogP contribution < -0.4 is 5.73 Å². The molecule has 0 radical (unpaired) electrons. The van der Waals surface area contributed by atoms with Crippen LogP contribution in [0.4, 0.5) is 0 Å². The van der Waals surface area contributed by atoms with E-state index in [0.29, 0.717) is 21.7 Å². The maximum Gasteiger partial charge on any atom is 0.336 e. The number of esters is 1. The van der Waals surface area contributed by atoms with Gasteiger partial charge in [0.1, 0.15) is 6.61 Å². The highest BCUT2D eigenvalue weighted by atomic mass is 32.2. The molecule has 126 valence electrons. The summed E-state index contributed by atoms with van der Waals surface area (Å²) >= 11 is 1.22. The third-order valence-electron chi connectivity index (χ3n) is 3.91. The number of nitrogens with zero attached hydrogens (tertiary/aromatic N) is 1. The largest absolute Gasteiger partial charge is 0.472 e. The van der Waals surface area contributed by atoms with Crippen molar-refractivity contribution >= 4 is 17.7 Å². The van der Waals surface area contributed by atoms with Gasteiger partial charge in [0.2, 0.25) is 0 Å². The van der Waals surface area contributed by atoms with Crippen molar-refractivity contribution < 1.29 is 13.9 Å². The number of ether oxygens (including phenoxy) is 1. The van der Waals surface area contributed by atoms with E-state index < -0.39 is 11.9 Å². The lowest BCUT2D eigenvalue weighted by Gasteiger charge is -2.25. The van der Waals surface area contributed by atoms with Crippen LogP contribution in [0.1, 0.15) is 24.0 Å². The number of carbonyl (C=O) groups excluding carboxylic acids is 1. The first kappa shape index (κ1) is 16.9. The van der Waals surface area contributed by atoms with Crippen molar-refractivity contribution in [3.63, 3.8) is 0 Å². The normalized spacial score (nSPS) is 17.4. The molecule has 25 heavy (non-hydrogen) atoms. The zero-order valence-corrected chi connectivity index (χ0v) is 14.4. The van der Waals surface area contributed by atoms with Crippen LogP contribution in [0.2, 0.25) is 0 Å². The molecule has 1 aliphatic rings. The van der Waals surface area contributed by atoms with Gasteiger partial charge in [-0.3, -0.25) is 0 Å². The fraction of sp³-hybridized carbons (Fsp3) is 0.158. The second-order valence-corrected chi connectivity index (χ2v) is 6.77. The Morgan fingerprint density at radius 1 is 1.36 bits per heavy atom. The first-order chi connectivity index (χ1) is 12.1. The maximum atomic E-state index is 12.8. The maximum absolute atomic E-state index is 12.8. The average molecular weight is 352 g/mol. The van der Waals surface area contributed by atoms with Gasteiger partial charge in [-0.15, -0.1) is 0 Å². The molecule has 0 amide bonds. The second kappa shape index (κ2) is 7.32. The number of nitrogens with two attached hydrogens (primary N) is 1. The molecule has 1 aliphatic heterocycles. The first-order valence-corrected chi connectivity index (χ1v) is 8.45. The molecule has 2 aromatic rings. The standard InChI is InChI=1S/C19H16N2O3S/c1-12-16(19(22)24-10-13-5-3-2-4-6-13)17(14-7-8-23-11-14)15(9-20)18(21)25-12/h2-8,11,17H,10,21H2,1H3/t17-/m0/s1. The molecule has 2 N–H and O–H groups in total. The minimum atomic E-state index is -0.576. The minimum absolute atomic E-state index is 0.167. The molecule has 1 atom stereocenters. The average Bonchev–Trinajstić information content (AvgIpc) is 3.14. The van der Waals surface area contributed by atoms with Crippen LogP contribution in [0.25, 0.3) is 0 Å². The van der Waals surface area contributed by atoms with Gasteiger partial charge in [0, 0.05) is 5.56 Å². The van der Waals surface area contributed by atoms with Gasteiger partial charge in [0.15, 0.2) is 0 Å².